The number of pyridine rings is 1. The van der Waals surface area contributed by atoms with Crippen molar-refractivity contribution in [2.24, 2.45) is 0 Å². The first-order valence-electron chi connectivity index (χ1n) is 11.8. The molecule has 11 heteroatoms. The number of ether oxygens (including phenoxy) is 2. The van der Waals surface area contributed by atoms with Crippen molar-refractivity contribution in [2.45, 2.75) is 48.5 Å². The first kappa shape index (κ1) is 25.1. The Morgan fingerprint density at radius 3 is 2.59 bits per heavy atom. The van der Waals surface area contributed by atoms with Gasteiger partial charge in [0, 0.05) is 36.1 Å². The number of amides is 1. The molecule has 194 valence electrons. The van der Waals surface area contributed by atoms with Gasteiger partial charge in [-0.15, -0.1) is 0 Å². The summed E-state index contributed by atoms with van der Waals surface area (Å²) >= 11 is 0. The first-order valence-corrected chi connectivity index (χ1v) is 13.3. The number of hydrogen-bond donors (Lipinski definition) is 3. The molecule has 2 aliphatic heterocycles. The van der Waals surface area contributed by atoms with Crippen LogP contribution < -0.4 is 14.8 Å². The second kappa shape index (κ2) is 10.4. The quantitative estimate of drug-likeness (QED) is 0.411. The summed E-state index contributed by atoms with van der Waals surface area (Å²) < 4.78 is 53.3. The number of carbonyl (C=O) groups is 1. The van der Waals surface area contributed by atoms with Crippen LogP contribution in [-0.4, -0.2) is 49.3 Å². The van der Waals surface area contributed by atoms with E-state index < -0.39 is 34.2 Å². The van der Waals surface area contributed by atoms with Crippen LogP contribution >= 0.6 is 0 Å². The zero-order valence-corrected chi connectivity index (χ0v) is 20.5. The van der Waals surface area contributed by atoms with E-state index in [9.17, 15) is 22.7 Å². The summed E-state index contributed by atoms with van der Waals surface area (Å²) in [5.74, 6) is -0.339. The molecule has 2 aromatic carbocycles. The standard InChI is InChI=1S/C26H26FN3O6S/c27-17-1-4-20(5-2-17)37(33,34)30-18-3-6-23-21(11-18)22-12-19(35-24(15-31)26(22)36-23)13-25(32)29-14-16-7-9-28-10-8-16/h1-11,19,22,24,26,30-31H,12-15H2,(H,29,32)/t19-,22-,24+,26+/m0/s1. The highest BCUT2D eigenvalue weighted by atomic mass is 32.2. The summed E-state index contributed by atoms with van der Waals surface area (Å²) in [6.07, 6.45) is 2.34. The van der Waals surface area contributed by atoms with Gasteiger partial charge in [-0.2, -0.15) is 0 Å². The molecule has 1 saturated heterocycles. The van der Waals surface area contributed by atoms with Gasteiger partial charge in [-0.05, 0) is 66.6 Å². The molecule has 37 heavy (non-hydrogen) atoms. The predicted molar refractivity (Wildman–Crippen MR) is 132 cm³/mol. The molecule has 1 fully saturated rings. The largest absolute Gasteiger partial charge is 0.487 e. The molecular weight excluding hydrogens is 501 g/mol. The van der Waals surface area contributed by atoms with Crippen LogP contribution in [-0.2, 0) is 26.1 Å². The lowest BCUT2D eigenvalue weighted by Crippen LogP contribution is -2.47. The topological polar surface area (TPSA) is 127 Å². The number of nitrogens with one attached hydrogen (secondary N) is 2. The molecule has 1 aromatic heterocycles. The van der Waals surface area contributed by atoms with Gasteiger partial charge in [0.05, 0.1) is 24.0 Å². The molecule has 4 atom stereocenters. The van der Waals surface area contributed by atoms with E-state index in [0.29, 0.717) is 24.4 Å². The zero-order valence-electron chi connectivity index (χ0n) is 19.7. The highest BCUT2D eigenvalue weighted by molar-refractivity contribution is 7.92. The maximum atomic E-state index is 13.2. The summed E-state index contributed by atoms with van der Waals surface area (Å²) in [4.78, 5) is 16.5. The number of halogens is 1. The van der Waals surface area contributed by atoms with Crippen molar-refractivity contribution >= 4 is 21.6 Å². The third-order valence-corrected chi connectivity index (χ3v) is 7.92. The van der Waals surface area contributed by atoms with Gasteiger partial charge in [0.15, 0.2) is 0 Å². The van der Waals surface area contributed by atoms with E-state index in [1.807, 2.05) is 12.1 Å². The highest BCUT2D eigenvalue weighted by Gasteiger charge is 2.46. The summed E-state index contributed by atoms with van der Waals surface area (Å²) in [5.41, 5.74) is 2.02. The van der Waals surface area contributed by atoms with E-state index in [2.05, 4.69) is 15.0 Å². The van der Waals surface area contributed by atoms with Crippen LogP contribution in [0.2, 0.25) is 0 Å². The summed E-state index contributed by atoms with van der Waals surface area (Å²) in [7, 11) is -3.93. The fourth-order valence-electron chi connectivity index (χ4n) is 4.76. The van der Waals surface area contributed by atoms with Crippen LogP contribution in [0.5, 0.6) is 5.75 Å². The highest BCUT2D eigenvalue weighted by Crippen LogP contribution is 2.47. The number of fused-ring (bicyclic) bond motifs is 3. The van der Waals surface area contributed by atoms with Gasteiger partial charge in [-0.1, -0.05) is 0 Å². The summed E-state index contributed by atoms with van der Waals surface area (Å²) in [5, 5.41) is 12.8. The van der Waals surface area contributed by atoms with E-state index in [1.165, 1.54) is 12.1 Å². The maximum Gasteiger partial charge on any atom is 0.261 e. The van der Waals surface area contributed by atoms with E-state index in [-0.39, 0.29) is 29.7 Å². The van der Waals surface area contributed by atoms with Crippen molar-refractivity contribution in [3.8, 4) is 5.75 Å². The van der Waals surface area contributed by atoms with Gasteiger partial charge in [0.25, 0.3) is 10.0 Å². The Kier molecular flexibility index (Phi) is 7.09. The van der Waals surface area contributed by atoms with Gasteiger partial charge in [0.2, 0.25) is 5.91 Å². The molecule has 0 spiro atoms. The second-order valence-electron chi connectivity index (χ2n) is 9.05. The van der Waals surface area contributed by atoms with Gasteiger partial charge in [0.1, 0.15) is 23.8 Å². The van der Waals surface area contributed by atoms with Crippen LogP contribution in [0.4, 0.5) is 10.1 Å². The monoisotopic (exact) mass is 527 g/mol. The average molecular weight is 528 g/mol. The smallest absolute Gasteiger partial charge is 0.261 e. The van der Waals surface area contributed by atoms with E-state index in [0.717, 1.165) is 23.3 Å². The zero-order chi connectivity index (χ0) is 26.0. The average Bonchev–Trinajstić information content (AvgIpc) is 3.25. The van der Waals surface area contributed by atoms with Crippen LogP contribution in [0.15, 0.2) is 71.9 Å². The number of aliphatic hydroxyl groups is 1. The van der Waals surface area contributed by atoms with Gasteiger partial charge in [-0.25, -0.2) is 12.8 Å². The molecule has 2 aliphatic rings. The molecule has 0 saturated carbocycles. The normalized spacial score (nSPS) is 22.4. The molecule has 3 heterocycles. The van der Waals surface area contributed by atoms with Gasteiger partial charge in [-0.3, -0.25) is 14.5 Å². The van der Waals surface area contributed by atoms with Crippen molar-refractivity contribution < 1.29 is 32.2 Å². The molecule has 0 unspecified atom stereocenters. The number of aromatic nitrogens is 1. The molecule has 1 amide bonds. The van der Waals surface area contributed by atoms with Crippen LogP contribution in [0.3, 0.4) is 0 Å². The third-order valence-electron chi connectivity index (χ3n) is 6.53. The number of rotatable bonds is 8. The molecule has 3 N–H and O–H groups in total. The number of anilines is 1. The van der Waals surface area contributed by atoms with Crippen molar-refractivity contribution in [1.29, 1.82) is 0 Å². The third kappa shape index (κ3) is 5.58. The number of hydrogen-bond acceptors (Lipinski definition) is 7. The molecular formula is C26H26FN3O6S. The fourth-order valence-corrected chi connectivity index (χ4v) is 5.81. The lowest BCUT2D eigenvalue weighted by molar-refractivity contribution is -0.142. The Morgan fingerprint density at radius 1 is 1.11 bits per heavy atom. The molecule has 9 nitrogen and oxygen atoms in total. The lowest BCUT2D eigenvalue weighted by Gasteiger charge is -2.37. The van der Waals surface area contributed by atoms with Crippen molar-refractivity contribution in [1.82, 2.24) is 10.3 Å². The SMILES string of the molecule is O=C(C[C@@H]1C[C@H]2c3cc(NS(=O)(=O)c4ccc(F)cc4)ccc3O[C@H]2[C@@H](CO)O1)NCc1ccncc1. The molecule has 3 aromatic rings. The molecule has 0 bridgehead atoms. The van der Waals surface area contributed by atoms with E-state index in [1.54, 1.807) is 30.6 Å². The Bertz CT molecular complexity index is 1370. The number of nitrogens with zero attached hydrogens (tertiary/aromatic N) is 1. The minimum atomic E-state index is -3.93. The molecule has 5 rings (SSSR count). The number of sulfonamides is 1. The van der Waals surface area contributed by atoms with Crippen molar-refractivity contribution in [3.63, 3.8) is 0 Å². The van der Waals surface area contributed by atoms with Gasteiger partial charge >= 0.3 is 0 Å². The van der Waals surface area contributed by atoms with Crippen molar-refractivity contribution in [3.05, 3.63) is 83.9 Å². The number of aliphatic hydroxyl groups excluding tert-OH is 1. The Morgan fingerprint density at radius 2 is 1.86 bits per heavy atom. The minimum Gasteiger partial charge on any atom is -0.487 e. The minimum absolute atomic E-state index is 0.0622. The molecule has 0 radical (unpaired) electrons. The van der Waals surface area contributed by atoms with Crippen LogP contribution in [0, 0.1) is 5.82 Å². The number of benzene rings is 2. The Hall–Kier alpha value is -3.54. The van der Waals surface area contributed by atoms with Crippen LogP contribution in [0.25, 0.3) is 0 Å². The number of carbonyl (C=O) groups excluding carboxylic acids is 1. The maximum absolute atomic E-state index is 13.2. The first-order chi connectivity index (χ1) is 17.8. The van der Waals surface area contributed by atoms with E-state index in [4.69, 9.17) is 9.47 Å². The Labute approximate surface area is 213 Å². The fraction of sp³-hybridized carbons (Fsp3) is 0.308. The predicted octanol–water partition coefficient (Wildman–Crippen LogP) is 2.72. The second-order valence-corrected chi connectivity index (χ2v) is 10.7. The van der Waals surface area contributed by atoms with Crippen LogP contribution in [0.1, 0.15) is 29.9 Å². The van der Waals surface area contributed by atoms with E-state index >= 15 is 0 Å². The lowest BCUT2D eigenvalue weighted by atomic mass is 9.84. The summed E-state index contributed by atoms with van der Waals surface area (Å²) in [6, 6.07) is 13.1. The Balaban J connectivity index is 1.29. The van der Waals surface area contributed by atoms with Gasteiger partial charge < -0.3 is 19.9 Å². The molecule has 0 aliphatic carbocycles. The van der Waals surface area contributed by atoms with Crippen molar-refractivity contribution in [2.75, 3.05) is 11.3 Å². The summed E-state index contributed by atoms with van der Waals surface area (Å²) in [6.45, 7) is 0.0847.